The van der Waals surface area contributed by atoms with Gasteiger partial charge in [0.25, 0.3) is 17.7 Å². The quantitative estimate of drug-likeness (QED) is 0.692. The lowest BCUT2D eigenvalue weighted by atomic mass is 10.1. The minimum absolute atomic E-state index is 0.0259. The van der Waals surface area contributed by atoms with Gasteiger partial charge in [-0.25, -0.2) is 0 Å². The molecule has 1 heterocycles. The van der Waals surface area contributed by atoms with Crippen LogP contribution in [0, 0.1) is 5.92 Å². The zero-order valence-corrected chi connectivity index (χ0v) is 16.1. The first-order valence-electron chi connectivity index (χ1n) is 9.92. The van der Waals surface area contributed by atoms with E-state index in [1.807, 2.05) is 23.1 Å². The fourth-order valence-electron chi connectivity index (χ4n) is 3.71. The first kappa shape index (κ1) is 18.4. The average Bonchev–Trinajstić information content (AvgIpc) is 3.51. The first-order valence-corrected chi connectivity index (χ1v) is 9.92. The summed E-state index contributed by atoms with van der Waals surface area (Å²) in [4.78, 5) is 41.3. The third-order valence-electron chi connectivity index (χ3n) is 5.35. The topological polar surface area (TPSA) is 57.7 Å². The zero-order chi connectivity index (χ0) is 19.7. The molecule has 0 N–H and O–H groups in total. The highest BCUT2D eigenvalue weighted by atomic mass is 16.2. The highest BCUT2D eigenvalue weighted by molar-refractivity contribution is 6.21. The molecule has 4 rings (SSSR count). The van der Waals surface area contributed by atoms with Gasteiger partial charge in [0.05, 0.1) is 17.7 Å². The average molecular weight is 376 g/mol. The summed E-state index contributed by atoms with van der Waals surface area (Å²) in [7, 11) is 0. The van der Waals surface area contributed by atoms with Gasteiger partial charge in [0.1, 0.15) is 0 Å². The van der Waals surface area contributed by atoms with Crippen molar-refractivity contribution in [3.63, 3.8) is 0 Å². The molecular weight excluding hydrogens is 352 g/mol. The van der Waals surface area contributed by atoms with Crippen molar-refractivity contribution in [2.45, 2.75) is 32.7 Å². The molecule has 5 nitrogen and oxygen atoms in total. The van der Waals surface area contributed by atoms with Crippen LogP contribution in [0.2, 0.25) is 0 Å². The maximum Gasteiger partial charge on any atom is 0.261 e. The van der Waals surface area contributed by atoms with Crippen molar-refractivity contribution in [1.82, 2.24) is 9.80 Å². The van der Waals surface area contributed by atoms with Gasteiger partial charge in [-0.2, -0.15) is 0 Å². The number of nitrogens with zero attached hydrogens (tertiary/aromatic N) is 2. The number of rotatable bonds is 7. The van der Waals surface area contributed by atoms with Gasteiger partial charge in [-0.1, -0.05) is 31.2 Å². The molecule has 1 fully saturated rings. The number of fused-ring (bicyclic) bond motifs is 1. The van der Waals surface area contributed by atoms with E-state index in [-0.39, 0.29) is 24.3 Å². The van der Waals surface area contributed by atoms with Crippen molar-refractivity contribution in [2.75, 3.05) is 13.1 Å². The van der Waals surface area contributed by atoms with Gasteiger partial charge in [-0.05, 0) is 55.0 Å². The van der Waals surface area contributed by atoms with Gasteiger partial charge in [0, 0.05) is 18.7 Å². The molecule has 0 bridgehead atoms. The van der Waals surface area contributed by atoms with Crippen LogP contribution in [-0.4, -0.2) is 40.6 Å². The number of hydrogen-bond donors (Lipinski definition) is 0. The standard InChI is InChI=1S/C23H24N2O3/c1-2-12-24(14-16-10-11-16)21(26)18-7-5-6-17(13-18)15-25-22(27)19-8-3-4-9-20(19)23(25)28/h3-9,13,16H,2,10-12,14-15H2,1H3. The Morgan fingerprint density at radius 1 is 1.04 bits per heavy atom. The summed E-state index contributed by atoms with van der Waals surface area (Å²) in [6.07, 6.45) is 3.33. The van der Waals surface area contributed by atoms with Crippen molar-refractivity contribution >= 4 is 17.7 Å². The number of hydrogen-bond acceptors (Lipinski definition) is 3. The van der Waals surface area contributed by atoms with E-state index in [1.165, 1.54) is 17.7 Å². The monoisotopic (exact) mass is 376 g/mol. The maximum absolute atomic E-state index is 13.0. The van der Waals surface area contributed by atoms with Crippen LogP contribution in [0.15, 0.2) is 48.5 Å². The van der Waals surface area contributed by atoms with Crippen molar-refractivity contribution in [2.24, 2.45) is 5.92 Å². The minimum Gasteiger partial charge on any atom is -0.338 e. The molecule has 1 aliphatic carbocycles. The Morgan fingerprint density at radius 3 is 2.32 bits per heavy atom. The van der Waals surface area contributed by atoms with Crippen molar-refractivity contribution < 1.29 is 14.4 Å². The number of imide groups is 1. The number of amides is 3. The Morgan fingerprint density at radius 2 is 1.71 bits per heavy atom. The zero-order valence-electron chi connectivity index (χ0n) is 16.1. The predicted molar refractivity (Wildman–Crippen MR) is 106 cm³/mol. The summed E-state index contributed by atoms with van der Waals surface area (Å²) in [6.45, 7) is 3.81. The van der Waals surface area contributed by atoms with Gasteiger partial charge in [0.15, 0.2) is 0 Å². The summed E-state index contributed by atoms with van der Waals surface area (Å²) in [5, 5.41) is 0. The smallest absolute Gasteiger partial charge is 0.261 e. The van der Waals surface area contributed by atoms with Gasteiger partial charge in [0.2, 0.25) is 0 Å². The molecule has 0 unspecified atom stereocenters. The summed E-state index contributed by atoms with van der Waals surface area (Å²) >= 11 is 0. The molecule has 1 saturated carbocycles. The Labute approximate surface area is 164 Å². The highest BCUT2D eigenvalue weighted by Crippen LogP contribution is 2.30. The molecule has 0 radical (unpaired) electrons. The van der Waals surface area contributed by atoms with Crippen molar-refractivity contribution in [3.05, 3.63) is 70.8 Å². The lowest BCUT2D eigenvalue weighted by Gasteiger charge is -2.22. The van der Waals surface area contributed by atoms with Gasteiger partial charge in [-0.3, -0.25) is 19.3 Å². The second kappa shape index (κ2) is 7.58. The van der Waals surface area contributed by atoms with E-state index in [0.717, 1.165) is 25.1 Å². The molecule has 5 heteroatoms. The third-order valence-corrected chi connectivity index (χ3v) is 5.35. The molecule has 2 aliphatic rings. The summed E-state index contributed by atoms with van der Waals surface area (Å²) in [5.74, 6) is 0.104. The van der Waals surface area contributed by atoms with Gasteiger partial charge in [-0.15, -0.1) is 0 Å². The van der Waals surface area contributed by atoms with Gasteiger partial charge >= 0.3 is 0 Å². The normalized spacial score (nSPS) is 15.7. The molecule has 2 aromatic rings. The fraction of sp³-hybridized carbons (Fsp3) is 0.348. The van der Waals surface area contributed by atoms with E-state index in [9.17, 15) is 14.4 Å². The van der Waals surface area contributed by atoms with Crippen molar-refractivity contribution in [3.8, 4) is 0 Å². The Hall–Kier alpha value is -2.95. The number of carbonyl (C=O) groups is 3. The molecule has 2 aromatic carbocycles. The number of benzene rings is 2. The fourth-order valence-corrected chi connectivity index (χ4v) is 3.71. The van der Waals surface area contributed by atoms with Crippen LogP contribution in [0.1, 0.15) is 62.8 Å². The van der Waals surface area contributed by atoms with E-state index in [4.69, 9.17) is 0 Å². The maximum atomic E-state index is 13.0. The Bertz CT molecular complexity index is 898. The van der Waals surface area contributed by atoms with E-state index in [2.05, 4.69) is 6.92 Å². The predicted octanol–water partition coefficient (Wildman–Crippen LogP) is 3.75. The van der Waals surface area contributed by atoms with Crippen LogP contribution in [0.3, 0.4) is 0 Å². The van der Waals surface area contributed by atoms with Crippen molar-refractivity contribution in [1.29, 1.82) is 0 Å². The van der Waals surface area contributed by atoms with Crippen LogP contribution >= 0.6 is 0 Å². The van der Waals surface area contributed by atoms with Crippen LogP contribution < -0.4 is 0 Å². The summed E-state index contributed by atoms with van der Waals surface area (Å²) in [6, 6.07) is 14.2. The first-order chi connectivity index (χ1) is 13.6. The van der Waals surface area contributed by atoms with E-state index in [0.29, 0.717) is 22.6 Å². The second-order valence-electron chi connectivity index (χ2n) is 7.64. The molecule has 144 valence electrons. The molecule has 0 atom stereocenters. The molecule has 0 saturated heterocycles. The largest absolute Gasteiger partial charge is 0.338 e. The van der Waals surface area contributed by atoms with Gasteiger partial charge < -0.3 is 4.90 Å². The highest BCUT2D eigenvalue weighted by Gasteiger charge is 2.35. The lowest BCUT2D eigenvalue weighted by molar-refractivity contribution is 0.0642. The van der Waals surface area contributed by atoms with E-state index in [1.54, 1.807) is 30.3 Å². The molecular formula is C23H24N2O3. The van der Waals surface area contributed by atoms with Crippen LogP contribution in [0.5, 0.6) is 0 Å². The van der Waals surface area contributed by atoms with Crippen LogP contribution in [-0.2, 0) is 6.54 Å². The molecule has 1 aliphatic heterocycles. The summed E-state index contributed by atoms with van der Waals surface area (Å²) < 4.78 is 0. The SMILES string of the molecule is CCCN(CC1CC1)C(=O)c1cccc(CN2C(=O)c3ccccc3C2=O)c1. The molecule has 0 aromatic heterocycles. The molecule has 0 spiro atoms. The Balaban J connectivity index is 1.52. The Kier molecular flexibility index (Phi) is 4.99. The lowest BCUT2D eigenvalue weighted by Crippen LogP contribution is -2.34. The molecule has 3 amide bonds. The van der Waals surface area contributed by atoms with E-state index >= 15 is 0 Å². The third kappa shape index (κ3) is 3.57. The molecule has 28 heavy (non-hydrogen) atoms. The van der Waals surface area contributed by atoms with E-state index < -0.39 is 0 Å². The number of carbonyl (C=O) groups excluding carboxylic acids is 3. The minimum atomic E-state index is -0.279. The summed E-state index contributed by atoms with van der Waals surface area (Å²) in [5.41, 5.74) is 2.28. The second-order valence-corrected chi connectivity index (χ2v) is 7.64. The van der Waals surface area contributed by atoms with Crippen LogP contribution in [0.4, 0.5) is 0 Å². The van der Waals surface area contributed by atoms with Crippen LogP contribution in [0.25, 0.3) is 0 Å².